The van der Waals surface area contributed by atoms with Gasteiger partial charge in [0, 0.05) is 26.0 Å². The van der Waals surface area contributed by atoms with Crippen LogP contribution in [0.3, 0.4) is 0 Å². The third-order valence-electron chi connectivity index (χ3n) is 2.32. The highest BCUT2D eigenvalue weighted by Crippen LogP contribution is 2.12. The van der Waals surface area contributed by atoms with Gasteiger partial charge in [-0.3, -0.25) is 4.79 Å². The number of hydrogen-bond acceptors (Lipinski definition) is 2. The fourth-order valence-electron chi connectivity index (χ4n) is 1.35. The molecule has 1 atom stereocenters. The molecular weight excluding hydrogens is 214 g/mol. The molecule has 0 N–H and O–H groups in total. The first-order valence-corrected chi connectivity index (χ1v) is 5.01. The van der Waals surface area contributed by atoms with Crippen LogP contribution in [0.1, 0.15) is 18.9 Å². The Morgan fingerprint density at radius 1 is 1.44 bits per heavy atom. The lowest BCUT2D eigenvalue weighted by Gasteiger charge is -2.08. The number of benzene rings is 1. The first-order valence-electron chi connectivity index (χ1n) is 5.01. The summed E-state index contributed by atoms with van der Waals surface area (Å²) in [5.74, 6) is -1.45. The average Bonchev–Trinajstić information content (AvgIpc) is 2.22. The molecule has 1 aromatic carbocycles. The van der Waals surface area contributed by atoms with Crippen molar-refractivity contribution in [2.75, 3.05) is 7.11 Å². The van der Waals surface area contributed by atoms with E-state index in [4.69, 9.17) is 4.74 Å². The molecule has 0 saturated carbocycles. The summed E-state index contributed by atoms with van der Waals surface area (Å²) in [5, 5.41) is 0. The maximum absolute atomic E-state index is 13.2. The van der Waals surface area contributed by atoms with Gasteiger partial charge < -0.3 is 4.74 Å². The van der Waals surface area contributed by atoms with E-state index >= 15 is 0 Å². The molecule has 2 nitrogen and oxygen atoms in total. The molecule has 0 heterocycles. The molecule has 0 radical (unpaired) electrons. The van der Waals surface area contributed by atoms with Crippen LogP contribution in [-0.4, -0.2) is 19.0 Å². The first-order chi connectivity index (χ1) is 7.52. The molecule has 0 amide bonds. The second-order valence-electron chi connectivity index (χ2n) is 3.70. The Kier molecular flexibility index (Phi) is 4.55. The van der Waals surface area contributed by atoms with E-state index in [9.17, 15) is 13.6 Å². The monoisotopic (exact) mass is 228 g/mol. The lowest BCUT2D eigenvalue weighted by atomic mass is 10.0. The van der Waals surface area contributed by atoms with Crippen LogP contribution >= 0.6 is 0 Å². The maximum Gasteiger partial charge on any atom is 0.139 e. The lowest BCUT2D eigenvalue weighted by molar-refractivity contribution is -0.120. The van der Waals surface area contributed by atoms with Crippen LogP contribution in [0.15, 0.2) is 18.2 Å². The maximum atomic E-state index is 13.2. The van der Waals surface area contributed by atoms with Crippen LogP contribution in [0.25, 0.3) is 0 Å². The second-order valence-corrected chi connectivity index (χ2v) is 3.70. The molecule has 0 fully saturated rings. The minimum absolute atomic E-state index is 0.0280. The molecule has 0 bridgehead atoms. The molecule has 0 aromatic heterocycles. The fraction of sp³-hybridized carbons (Fsp3) is 0.417. The van der Waals surface area contributed by atoms with E-state index in [0.29, 0.717) is 0 Å². The van der Waals surface area contributed by atoms with Crippen molar-refractivity contribution < 1.29 is 18.3 Å². The molecular formula is C12H14F2O2. The molecule has 0 saturated heterocycles. The highest BCUT2D eigenvalue weighted by atomic mass is 19.1. The van der Waals surface area contributed by atoms with Gasteiger partial charge >= 0.3 is 0 Å². The molecule has 1 rings (SSSR count). The van der Waals surface area contributed by atoms with Crippen molar-refractivity contribution in [2.45, 2.75) is 25.9 Å². The Bertz CT molecular complexity index is 377. The molecule has 0 aliphatic carbocycles. The van der Waals surface area contributed by atoms with E-state index in [2.05, 4.69) is 0 Å². The highest BCUT2D eigenvalue weighted by Gasteiger charge is 2.12. The van der Waals surface area contributed by atoms with Crippen molar-refractivity contribution in [3.05, 3.63) is 35.4 Å². The number of carbonyl (C=O) groups excluding carboxylic acids is 1. The zero-order chi connectivity index (χ0) is 12.1. The number of ether oxygens (including phenoxy) is 1. The van der Waals surface area contributed by atoms with Gasteiger partial charge in [-0.15, -0.1) is 0 Å². The molecule has 0 spiro atoms. The highest BCUT2D eigenvalue weighted by molar-refractivity contribution is 5.81. The number of carbonyl (C=O) groups is 1. The number of methoxy groups -OCH3 is 1. The number of hydrogen-bond donors (Lipinski definition) is 0. The van der Waals surface area contributed by atoms with Gasteiger partial charge in [0.2, 0.25) is 0 Å². The van der Waals surface area contributed by atoms with E-state index in [1.165, 1.54) is 13.2 Å². The summed E-state index contributed by atoms with van der Waals surface area (Å²) in [6.07, 6.45) is 0.0173. The largest absolute Gasteiger partial charge is 0.381 e. The summed E-state index contributed by atoms with van der Waals surface area (Å²) in [5.41, 5.74) is 0.217. The minimum Gasteiger partial charge on any atom is -0.381 e. The van der Waals surface area contributed by atoms with Crippen molar-refractivity contribution in [2.24, 2.45) is 0 Å². The number of rotatable bonds is 5. The Morgan fingerprint density at radius 3 is 2.69 bits per heavy atom. The van der Waals surface area contributed by atoms with Gasteiger partial charge in [-0.2, -0.15) is 0 Å². The van der Waals surface area contributed by atoms with Crippen LogP contribution in [0.4, 0.5) is 8.78 Å². The van der Waals surface area contributed by atoms with Gasteiger partial charge in [-0.05, 0) is 18.6 Å². The van der Waals surface area contributed by atoms with Crippen LogP contribution in [0.2, 0.25) is 0 Å². The Balaban J connectivity index is 2.63. The first kappa shape index (κ1) is 12.8. The van der Waals surface area contributed by atoms with E-state index in [-0.39, 0.29) is 30.3 Å². The quantitative estimate of drug-likeness (QED) is 0.774. The lowest BCUT2D eigenvalue weighted by Crippen LogP contribution is -2.14. The third-order valence-corrected chi connectivity index (χ3v) is 2.32. The van der Waals surface area contributed by atoms with Crippen molar-refractivity contribution in [3.63, 3.8) is 0 Å². The van der Waals surface area contributed by atoms with Crippen LogP contribution in [0.5, 0.6) is 0 Å². The smallest absolute Gasteiger partial charge is 0.139 e. The average molecular weight is 228 g/mol. The molecule has 0 aliphatic heterocycles. The van der Waals surface area contributed by atoms with Crippen LogP contribution < -0.4 is 0 Å². The molecule has 88 valence electrons. The fourth-order valence-corrected chi connectivity index (χ4v) is 1.35. The zero-order valence-electron chi connectivity index (χ0n) is 9.30. The zero-order valence-corrected chi connectivity index (χ0v) is 9.30. The van der Waals surface area contributed by atoms with Crippen molar-refractivity contribution in [1.82, 2.24) is 0 Å². The summed E-state index contributed by atoms with van der Waals surface area (Å²) in [7, 11) is 1.51. The number of ketones is 1. The summed E-state index contributed by atoms with van der Waals surface area (Å²) in [4.78, 5) is 11.5. The van der Waals surface area contributed by atoms with Crippen molar-refractivity contribution in [3.8, 4) is 0 Å². The number of Topliss-reactive ketones (excluding diaryl/α,β-unsaturated/α-hetero) is 1. The summed E-state index contributed by atoms with van der Waals surface area (Å²) < 4.78 is 30.7. The van der Waals surface area contributed by atoms with E-state index < -0.39 is 11.6 Å². The molecule has 16 heavy (non-hydrogen) atoms. The Morgan fingerprint density at radius 2 is 2.12 bits per heavy atom. The van der Waals surface area contributed by atoms with Gasteiger partial charge in [-0.1, -0.05) is 6.07 Å². The molecule has 1 unspecified atom stereocenters. The van der Waals surface area contributed by atoms with Gasteiger partial charge in [0.1, 0.15) is 17.4 Å². The van der Waals surface area contributed by atoms with Crippen LogP contribution in [0, 0.1) is 11.6 Å². The summed E-state index contributed by atoms with van der Waals surface area (Å²) in [6, 6.07) is 3.22. The summed E-state index contributed by atoms with van der Waals surface area (Å²) >= 11 is 0. The van der Waals surface area contributed by atoms with Gasteiger partial charge in [0.25, 0.3) is 0 Å². The standard InChI is InChI=1S/C12H14F2O2/c1-8(16-2)5-11(15)6-9-3-4-10(13)7-12(9)14/h3-4,7-8H,5-6H2,1-2H3. The van der Waals surface area contributed by atoms with Gasteiger partial charge in [0.15, 0.2) is 0 Å². The predicted octanol–water partition coefficient (Wildman–Crippen LogP) is 2.50. The Labute approximate surface area is 93.2 Å². The number of halogens is 2. The van der Waals surface area contributed by atoms with Crippen molar-refractivity contribution in [1.29, 1.82) is 0 Å². The predicted molar refractivity (Wildman–Crippen MR) is 56.2 cm³/mol. The van der Waals surface area contributed by atoms with Crippen molar-refractivity contribution >= 4 is 5.78 Å². The molecule has 4 heteroatoms. The Hall–Kier alpha value is -1.29. The molecule has 1 aromatic rings. The summed E-state index contributed by atoms with van der Waals surface area (Å²) in [6.45, 7) is 1.76. The minimum atomic E-state index is -0.682. The molecule has 0 aliphatic rings. The normalized spacial score (nSPS) is 12.5. The second kappa shape index (κ2) is 5.70. The van der Waals surface area contributed by atoms with Gasteiger partial charge in [0.05, 0.1) is 6.10 Å². The van der Waals surface area contributed by atoms with Crippen LogP contribution in [-0.2, 0) is 16.0 Å². The topological polar surface area (TPSA) is 26.3 Å². The van der Waals surface area contributed by atoms with Gasteiger partial charge in [-0.25, -0.2) is 8.78 Å². The van der Waals surface area contributed by atoms with E-state index in [1.54, 1.807) is 6.92 Å². The third kappa shape index (κ3) is 3.70. The van der Waals surface area contributed by atoms with E-state index in [1.807, 2.05) is 0 Å². The SMILES string of the molecule is COC(C)CC(=O)Cc1ccc(F)cc1F. The van der Waals surface area contributed by atoms with E-state index in [0.717, 1.165) is 12.1 Å².